The van der Waals surface area contributed by atoms with Crippen LogP contribution in [0.1, 0.15) is 31.7 Å². The van der Waals surface area contributed by atoms with Crippen LogP contribution < -0.4 is 10.1 Å². The molecule has 1 fully saturated rings. The zero-order valence-electron chi connectivity index (χ0n) is 12.4. The van der Waals surface area contributed by atoms with Gasteiger partial charge in [0.2, 0.25) is 0 Å². The van der Waals surface area contributed by atoms with E-state index in [0.29, 0.717) is 12.1 Å². The van der Waals surface area contributed by atoms with Crippen molar-refractivity contribution in [3.05, 3.63) is 29.8 Å². The molecule has 0 radical (unpaired) electrons. The number of ether oxygens (including phenoxy) is 1. The third kappa shape index (κ3) is 3.71. The summed E-state index contributed by atoms with van der Waals surface area (Å²) < 4.78 is 5.31. The average Bonchev–Trinajstić information content (AvgIpc) is 2.47. The normalized spacial score (nSPS) is 22.2. The first-order chi connectivity index (χ1) is 9.24. The highest BCUT2D eigenvalue weighted by Gasteiger charge is 2.26. The summed E-state index contributed by atoms with van der Waals surface area (Å²) in [5.41, 5.74) is 1.34. The number of piperidine rings is 1. The van der Waals surface area contributed by atoms with Crippen LogP contribution in [-0.2, 0) is 6.54 Å². The molecular formula is C16H26N2O. The van der Waals surface area contributed by atoms with Crippen molar-refractivity contribution in [2.45, 2.75) is 44.8 Å². The maximum atomic E-state index is 5.31. The Labute approximate surface area is 116 Å². The van der Waals surface area contributed by atoms with Gasteiger partial charge in [0.15, 0.2) is 0 Å². The minimum Gasteiger partial charge on any atom is -0.497 e. The van der Waals surface area contributed by atoms with Gasteiger partial charge in [-0.05, 0) is 51.1 Å². The topological polar surface area (TPSA) is 24.5 Å². The zero-order chi connectivity index (χ0) is 13.7. The highest BCUT2D eigenvalue weighted by Crippen LogP contribution is 2.23. The third-order valence-electron chi connectivity index (χ3n) is 4.22. The van der Waals surface area contributed by atoms with Gasteiger partial charge in [-0.2, -0.15) is 0 Å². The fraction of sp³-hybridized carbons (Fsp3) is 0.625. The van der Waals surface area contributed by atoms with Crippen molar-refractivity contribution in [3.63, 3.8) is 0 Å². The Balaban J connectivity index is 2.06. The van der Waals surface area contributed by atoms with E-state index in [1.54, 1.807) is 7.11 Å². The molecule has 1 heterocycles. The number of hydrogen-bond donors (Lipinski definition) is 1. The predicted molar refractivity (Wildman–Crippen MR) is 79.6 cm³/mol. The zero-order valence-corrected chi connectivity index (χ0v) is 12.4. The number of methoxy groups -OCH3 is 1. The second-order valence-electron chi connectivity index (χ2n) is 5.46. The van der Waals surface area contributed by atoms with Crippen molar-refractivity contribution in [3.8, 4) is 5.75 Å². The van der Waals surface area contributed by atoms with Crippen molar-refractivity contribution in [2.24, 2.45) is 0 Å². The highest BCUT2D eigenvalue weighted by molar-refractivity contribution is 5.28. The Hall–Kier alpha value is -1.06. The van der Waals surface area contributed by atoms with Gasteiger partial charge in [-0.3, -0.25) is 4.90 Å². The van der Waals surface area contributed by atoms with Gasteiger partial charge in [0.25, 0.3) is 0 Å². The molecule has 2 unspecified atom stereocenters. The smallest absolute Gasteiger partial charge is 0.119 e. The Morgan fingerprint density at radius 3 is 3.00 bits per heavy atom. The molecule has 106 valence electrons. The molecule has 2 rings (SSSR count). The number of nitrogens with zero attached hydrogens (tertiary/aromatic N) is 1. The molecule has 0 aromatic heterocycles. The Morgan fingerprint density at radius 1 is 1.42 bits per heavy atom. The molecule has 0 spiro atoms. The molecule has 19 heavy (non-hydrogen) atoms. The van der Waals surface area contributed by atoms with Crippen LogP contribution in [0.3, 0.4) is 0 Å². The summed E-state index contributed by atoms with van der Waals surface area (Å²) in [5.74, 6) is 0.952. The Kier molecular flexibility index (Phi) is 5.23. The fourth-order valence-corrected chi connectivity index (χ4v) is 2.98. The average molecular weight is 262 g/mol. The van der Waals surface area contributed by atoms with Gasteiger partial charge in [0.05, 0.1) is 7.11 Å². The van der Waals surface area contributed by atoms with Crippen molar-refractivity contribution in [1.29, 1.82) is 0 Å². The molecule has 1 aliphatic heterocycles. The summed E-state index contributed by atoms with van der Waals surface area (Å²) in [6, 6.07) is 9.62. The van der Waals surface area contributed by atoms with Crippen molar-refractivity contribution >= 4 is 0 Å². The van der Waals surface area contributed by atoms with Gasteiger partial charge in [-0.1, -0.05) is 18.6 Å². The molecular weight excluding hydrogens is 236 g/mol. The van der Waals surface area contributed by atoms with Gasteiger partial charge < -0.3 is 10.1 Å². The highest BCUT2D eigenvalue weighted by atomic mass is 16.5. The number of nitrogens with one attached hydrogen (secondary N) is 1. The largest absolute Gasteiger partial charge is 0.497 e. The second-order valence-corrected chi connectivity index (χ2v) is 5.46. The van der Waals surface area contributed by atoms with Crippen LogP contribution in [0.4, 0.5) is 0 Å². The van der Waals surface area contributed by atoms with E-state index in [9.17, 15) is 0 Å². The number of likely N-dealkylation sites (tertiary alicyclic amines) is 1. The number of hydrogen-bond acceptors (Lipinski definition) is 3. The predicted octanol–water partition coefficient (Wildman–Crippen LogP) is 2.66. The molecule has 3 heteroatoms. The number of benzene rings is 1. The minimum absolute atomic E-state index is 0.547. The first-order valence-electron chi connectivity index (χ1n) is 7.29. The fourth-order valence-electron chi connectivity index (χ4n) is 2.98. The van der Waals surface area contributed by atoms with Gasteiger partial charge in [0.1, 0.15) is 5.75 Å². The maximum absolute atomic E-state index is 5.31. The van der Waals surface area contributed by atoms with Crippen LogP contribution in [-0.4, -0.2) is 37.7 Å². The molecule has 1 saturated heterocycles. The second kappa shape index (κ2) is 6.92. The minimum atomic E-state index is 0.547. The summed E-state index contributed by atoms with van der Waals surface area (Å²) in [4.78, 5) is 2.61. The SMILES string of the molecule is CNC(C)C1CCCCN1Cc1cccc(OC)c1. The van der Waals surface area contributed by atoms with Crippen molar-refractivity contribution in [2.75, 3.05) is 20.7 Å². The molecule has 0 aliphatic carbocycles. The van der Waals surface area contributed by atoms with Gasteiger partial charge in [0, 0.05) is 18.6 Å². The van der Waals surface area contributed by atoms with Crippen LogP contribution >= 0.6 is 0 Å². The molecule has 1 aliphatic rings. The molecule has 3 nitrogen and oxygen atoms in total. The standard InChI is InChI=1S/C16H26N2O/c1-13(17-2)16-9-4-5-10-18(16)12-14-7-6-8-15(11-14)19-3/h6-8,11,13,16-17H,4-5,9-10,12H2,1-3H3. The maximum Gasteiger partial charge on any atom is 0.119 e. The van der Waals surface area contributed by atoms with E-state index in [1.807, 2.05) is 6.07 Å². The van der Waals surface area contributed by atoms with Crippen LogP contribution in [0, 0.1) is 0 Å². The molecule has 0 amide bonds. The molecule has 2 atom stereocenters. The number of rotatable bonds is 5. The van der Waals surface area contributed by atoms with Crippen LogP contribution in [0.2, 0.25) is 0 Å². The van der Waals surface area contributed by atoms with Crippen LogP contribution in [0.5, 0.6) is 5.75 Å². The lowest BCUT2D eigenvalue weighted by Crippen LogP contribution is -2.49. The van der Waals surface area contributed by atoms with E-state index < -0.39 is 0 Å². The molecule has 1 aromatic rings. The lowest BCUT2D eigenvalue weighted by molar-refractivity contribution is 0.114. The van der Waals surface area contributed by atoms with E-state index >= 15 is 0 Å². The van der Waals surface area contributed by atoms with Gasteiger partial charge in [-0.25, -0.2) is 0 Å². The summed E-state index contributed by atoms with van der Waals surface area (Å²) in [6.45, 7) is 4.51. The summed E-state index contributed by atoms with van der Waals surface area (Å²) in [6.07, 6.45) is 3.97. The van der Waals surface area contributed by atoms with Crippen LogP contribution in [0.25, 0.3) is 0 Å². The van der Waals surface area contributed by atoms with Gasteiger partial charge >= 0.3 is 0 Å². The monoisotopic (exact) mass is 262 g/mol. The van der Waals surface area contributed by atoms with E-state index in [-0.39, 0.29) is 0 Å². The molecule has 1 aromatic carbocycles. The number of likely N-dealkylation sites (N-methyl/N-ethyl adjacent to an activating group) is 1. The van der Waals surface area contributed by atoms with Gasteiger partial charge in [-0.15, -0.1) is 0 Å². The lowest BCUT2D eigenvalue weighted by Gasteiger charge is -2.39. The Bertz CT molecular complexity index is 394. The van der Waals surface area contributed by atoms with E-state index in [2.05, 4.69) is 42.4 Å². The summed E-state index contributed by atoms with van der Waals surface area (Å²) >= 11 is 0. The molecule has 0 saturated carbocycles. The quantitative estimate of drug-likeness (QED) is 0.883. The molecule has 0 bridgehead atoms. The van der Waals surface area contributed by atoms with E-state index in [1.165, 1.54) is 31.4 Å². The molecule has 1 N–H and O–H groups in total. The lowest BCUT2D eigenvalue weighted by atomic mass is 9.96. The first kappa shape index (κ1) is 14.4. The first-order valence-corrected chi connectivity index (χ1v) is 7.29. The Morgan fingerprint density at radius 2 is 2.26 bits per heavy atom. The summed E-state index contributed by atoms with van der Waals surface area (Å²) in [7, 11) is 3.79. The van der Waals surface area contributed by atoms with Crippen molar-refractivity contribution in [1.82, 2.24) is 10.2 Å². The summed E-state index contributed by atoms with van der Waals surface area (Å²) in [5, 5.41) is 3.41. The third-order valence-corrected chi connectivity index (χ3v) is 4.22. The van der Waals surface area contributed by atoms with Crippen LogP contribution in [0.15, 0.2) is 24.3 Å². The van der Waals surface area contributed by atoms with E-state index in [0.717, 1.165) is 12.3 Å². The van der Waals surface area contributed by atoms with Crippen molar-refractivity contribution < 1.29 is 4.74 Å². The van der Waals surface area contributed by atoms with E-state index in [4.69, 9.17) is 4.74 Å².